The lowest BCUT2D eigenvalue weighted by Crippen LogP contribution is -2.05. The van der Waals surface area contributed by atoms with Crippen molar-refractivity contribution in [3.63, 3.8) is 0 Å². The highest BCUT2D eigenvalue weighted by atomic mass is 32.1. The second kappa shape index (κ2) is 12.3. The molecule has 1 aliphatic rings. The van der Waals surface area contributed by atoms with Crippen LogP contribution in [0.15, 0.2) is 164 Å². The third-order valence-corrected chi connectivity index (χ3v) is 11.2. The first-order chi connectivity index (χ1) is 25.3. The number of nitrogens with zero attached hydrogens (tertiary/aromatic N) is 3. The Morgan fingerprint density at radius 2 is 1.00 bits per heavy atom. The van der Waals surface area contributed by atoms with E-state index >= 15 is 0 Å². The molecule has 0 fully saturated rings. The van der Waals surface area contributed by atoms with Gasteiger partial charge < -0.3 is 0 Å². The second-order valence-corrected chi connectivity index (χ2v) is 14.2. The zero-order valence-electron chi connectivity index (χ0n) is 27.8. The third kappa shape index (κ3) is 5.24. The smallest absolute Gasteiger partial charge is 0.164 e. The van der Waals surface area contributed by atoms with Crippen LogP contribution in [0.2, 0.25) is 0 Å². The first-order valence-electron chi connectivity index (χ1n) is 17.4. The summed E-state index contributed by atoms with van der Waals surface area (Å²) in [4.78, 5) is 15.8. The summed E-state index contributed by atoms with van der Waals surface area (Å²) in [6.45, 7) is 0. The average molecular weight is 670 g/mol. The number of hydrogen-bond acceptors (Lipinski definition) is 4. The summed E-state index contributed by atoms with van der Waals surface area (Å²) in [5, 5.41) is 7.41. The molecule has 0 spiro atoms. The summed E-state index contributed by atoms with van der Waals surface area (Å²) in [6.07, 6.45) is 6.23. The van der Waals surface area contributed by atoms with E-state index in [2.05, 4.69) is 158 Å². The maximum Gasteiger partial charge on any atom is 0.164 e. The lowest BCUT2D eigenvalue weighted by molar-refractivity contribution is 0.986. The van der Waals surface area contributed by atoms with E-state index in [4.69, 9.17) is 15.0 Å². The monoisotopic (exact) mass is 669 g/mol. The van der Waals surface area contributed by atoms with E-state index in [0.717, 1.165) is 40.9 Å². The van der Waals surface area contributed by atoms with Gasteiger partial charge in [-0.3, -0.25) is 0 Å². The summed E-state index contributed by atoms with van der Waals surface area (Å²) in [5.74, 6) is 2.11. The predicted molar refractivity (Wildman–Crippen MR) is 216 cm³/mol. The van der Waals surface area contributed by atoms with Crippen LogP contribution >= 0.6 is 11.3 Å². The molecule has 4 heteroatoms. The second-order valence-electron chi connectivity index (χ2n) is 13.1. The third-order valence-electron chi connectivity index (χ3n) is 10.1. The fourth-order valence-electron chi connectivity index (χ4n) is 7.48. The van der Waals surface area contributed by atoms with Crippen molar-refractivity contribution in [2.24, 2.45) is 0 Å². The molecule has 7 aromatic carbocycles. The van der Waals surface area contributed by atoms with E-state index in [1.165, 1.54) is 58.4 Å². The molecule has 3 nitrogen and oxygen atoms in total. The Kier molecular flexibility index (Phi) is 7.14. The zero-order valence-corrected chi connectivity index (χ0v) is 28.6. The fraction of sp³-hybridized carbons (Fsp3) is 0.0426. The lowest BCUT2D eigenvalue weighted by atomic mass is 9.93. The number of thiophene rings is 1. The topological polar surface area (TPSA) is 38.7 Å². The number of aromatic nitrogens is 3. The number of fused-ring (bicyclic) bond motifs is 7. The molecule has 9 aromatic rings. The minimum absolute atomic E-state index is 0.680. The van der Waals surface area contributed by atoms with Crippen LogP contribution in [-0.2, 0) is 0 Å². The molecule has 0 radical (unpaired) electrons. The molecule has 0 atom stereocenters. The van der Waals surface area contributed by atoms with Gasteiger partial charge in [0.25, 0.3) is 0 Å². The molecule has 2 aromatic heterocycles. The van der Waals surface area contributed by atoms with Gasteiger partial charge in [0.05, 0.1) is 0 Å². The molecule has 0 saturated heterocycles. The fourth-order valence-corrected chi connectivity index (χ4v) is 8.78. The summed E-state index contributed by atoms with van der Waals surface area (Å²) in [6, 6.07) is 53.9. The van der Waals surface area contributed by atoms with Crippen molar-refractivity contribution < 1.29 is 0 Å². The molecule has 0 N–H and O–H groups in total. The number of hydrogen-bond donors (Lipinski definition) is 0. The van der Waals surface area contributed by atoms with Gasteiger partial charge in [0.2, 0.25) is 0 Å². The molecule has 1 aliphatic carbocycles. The Labute approximate surface area is 299 Å². The predicted octanol–water partition coefficient (Wildman–Crippen LogP) is 12.8. The van der Waals surface area contributed by atoms with E-state index in [1.807, 2.05) is 17.4 Å². The van der Waals surface area contributed by atoms with Crippen molar-refractivity contribution in [1.29, 1.82) is 0 Å². The Morgan fingerprint density at radius 1 is 0.412 bits per heavy atom. The number of allylic oxidation sites excluding steroid dienone is 4. The van der Waals surface area contributed by atoms with Crippen molar-refractivity contribution in [1.82, 2.24) is 15.0 Å². The molecule has 0 amide bonds. The van der Waals surface area contributed by atoms with Gasteiger partial charge in [-0.15, -0.1) is 11.3 Å². The lowest BCUT2D eigenvalue weighted by Gasteiger charge is -2.16. The van der Waals surface area contributed by atoms with Crippen LogP contribution in [0.5, 0.6) is 0 Å². The van der Waals surface area contributed by atoms with E-state index in [1.54, 1.807) is 0 Å². The van der Waals surface area contributed by atoms with Crippen molar-refractivity contribution >= 4 is 64.2 Å². The highest BCUT2D eigenvalue weighted by Gasteiger charge is 2.21. The quantitative estimate of drug-likeness (QED) is 0.171. The van der Waals surface area contributed by atoms with Gasteiger partial charge in [-0.25, -0.2) is 15.0 Å². The Bertz CT molecular complexity index is 2830. The van der Waals surface area contributed by atoms with Crippen molar-refractivity contribution in [3.8, 4) is 33.9 Å². The van der Waals surface area contributed by atoms with Gasteiger partial charge in [-0.05, 0) is 69.0 Å². The Balaban J connectivity index is 1.20. The summed E-state index contributed by atoms with van der Waals surface area (Å²) in [7, 11) is 0. The maximum atomic E-state index is 5.31. The highest BCUT2D eigenvalue weighted by molar-refractivity contribution is 7.27. The summed E-state index contributed by atoms with van der Waals surface area (Å²) in [5.41, 5.74) is 8.07. The van der Waals surface area contributed by atoms with Crippen molar-refractivity contribution in [3.05, 3.63) is 175 Å². The van der Waals surface area contributed by atoms with E-state index in [-0.39, 0.29) is 0 Å². The maximum absolute atomic E-state index is 5.31. The minimum atomic E-state index is 0.680. The van der Waals surface area contributed by atoms with Crippen LogP contribution in [0.25, 0.3) is 86.8 Å². The minimum Gasteiger partial charge on any atom is -0.209 e. The Hall–Kier alpha value is -6.23. The molecule has 10 rings (SSSR count). The van der Waals surface area contributed by atoms with Gasteiger partial charge in [0.15, 0.2) is 17.5 Å². The molecular formula is C47H31N3S. The molecule has 240 valence electrons. The van der Waals surface area contributed by atoms with Gasteiger partial charge in [-0.2, -0.15) is 0 Å². The standard InChI is InChI=1S/C47H31N3S/c1-3-11-30(12-4-1)32-19-24-35(25-20-32)45-48-46(36-26-21-33(22-27-36)31-13-5-2-6-14-31)50-47(49-45)40-29-37-28-23-34-15-7-8-16-38(34)42(37)44-43(40)39-17-9-10-18-41(39)51-44/h1-21,23-26,28-29H,22,27H2. The van der Waals surface area contributed by atoms with Crippen molar-refractivity contribution in [2.45, 2.75) is 12.8 Å². The van der Waals surface area contributed by atoms with Crippen LogP contribution in [0.1, 0.15) is 24.2 Å². The van der Waals surface area contributed by atoms with Crippen LogP contribution in [-0.4, -0.2) is 15.0 Å². The normalized spacial score (nSPS) is 13.2. The zero-order chi connectivity index (χ0) is 33.7. The van der Waals surface area contributed by atoms with Crippen LogP contribution < -0.4 is 0 Å². The number of rotatable bonds is 5. The van der Waals surface area contributed by atoms with Gasteiger partial charge in [0, 0.05) is 36.7 Å². The highest BCUT2D eigenvalue weighted by Crippen LogP contribution is 2.46. The summed E-state index contributed by atoms with van der Waals surface area (Å²) >= 11 is 1.85. The molecule has 2 heterocycles. The molecule has 0 saturated carbocycles. The first-order valence-corrected chi connectivity index (χ1v) is 18.2. The Morgan fingerprint density at radius 3 is 1.78 bits per heavy atom. The molecule has 0 unspecified atom stereocenters. The molecule has 0 aliphatic heterocycles. The van der Waals surface area contributed by atoms with Crippen LogP contribution in [0.3, 0.4) is 0 Å². The molecular weight excluding hydrogens is 639 g/mol. The van der Waals surface area contributed by atoms with Gasteiger partial charge in [0.1, 0.15) is 0 Å². The van der Waals surface area contributed by atoms with Crippen LogP contribution in [0.4, 0.5) is 0 Å². The molecule has 51 heavy (non-hydrogen) atoms. The van der Waals surface area contributed by atoms with Crippen molar-refractivity contribution in [2.75, 3.05) is 0 Å². The SMILES string of the molecule is C1=C(c2ccccc2)CCC(c2nc(-c3ccc(-c4ccccc4)cc3)nc(-c3cc4ccc5ccccc5c4c4sc5ccccc5c34)n2)=C1. The van der Waals surface area contributed by atoms with Crippen LogP contribution in [0, 0.1) is 0 Å². The van der Waals surface area contributed by atoms with E-state index in [0.29, 0.717) is 11.6 Å². The van der Waals surface area contributed by atoms with E-state index < -0.39 is 0 Å². The average Bonchev–Trinajstić information content (AvgIpc) is 3.61. The first kappa shape index (κ1) is 29.7. The van der Waals surface area contributed by atoms with Gasteiger partial charge >= 0.3 is 0 Å². The molecule has 0 bridgehead atoms. The summed E-state index contributed by atoms with van der Waals surface area (Å²) < 4.78 is 2.53. The number of benzene rings is 7. The largest absolute Gasteiger partial charge is 0.209 e. The van der Waals surface area contributed by atoms with E-state index in [9.17, 15) is 0 Å². The van der Waals surface area contributed by atoms with Gasteiger partial charge in [-0.1, -0.05) is 152 Å².